The number of hydrogen-bond donors (Lipinski definition) is 0. The lowest BCUT2D eigenvalue weighted by Gasteiger charge is -2.61. The lowest BCUT2D eigenvalue weighted by atomic mass is 9.44. The van der Waals surface area contributed by atoms with Crippen molar-refractivity contribution in [2.24, 2.45) is 57.4 Å². The number of rotatable bonds is 6. The maximum Gasteiger partial charge on any atom is 0.0377 e. The Morgan fingerprint density at radius 1 is 0.900 bits per heavy atom. The maximum absolute atomic E-state index is 8.91. The van der Waals surface area contributed by atoms with E-state index in [9.17, 15) is 0 Å². The molecule has 0 aromatic heterocycles. The monoisotopic (exact) mass is 413 g/mol. The molecule has 0 radical (unpaired) electrons. The molecule has 0 aliphatic heterocycles. The van der Waals surface area contributed by atoms with Gasteiger partial charge in [0.1, 0.15) is 0 Å². The van der Waals surface area contributed by atoms with Gasteiger partial charge in [0.2, 0.25) is 0 Å². The molecule has 4 fully saturated rings. The third kappa shape index (κ3) is 3.82. The fourth-order valence-electron chi connectivity index (χ4n) is 9.44. The first-order valence-electron chi connectivity index (χ1n) is 13.3. The molecular weight excluding hydrogens is 366 g/mol. The summed E-state index contributed by atoms with van der Waals surface area (Å²) in [5.41, 5.74) is 10.0. The summed E-state index contributed by atoms with van der Waals surface area (Å²) in [6, 6.07) is 0.265. The first kappa shape index (κ1) is 22.5. The lowest BCUT2D eigenvalue weighted by molar-refractivity contribution is -0.116. The Morgan fingerprint density at radius 3 is 2.37 bits per heavy atom. The molecule has 3 nitrogen and oxygen atoms in total. The third-order valence-corrected chi connectivity index (χ3v) is 11.1. The lowest BCUT2D eigenvalue weighted by Crippen LogP contribution is -2.54. The van der Waals surface area contributed by atoms with Crippen LogP contribution in [-0.2, 0) is 0 Å². The van der Waals surface area contributed by atoms with Crippen molar-refractivity contribution in [2.75, 3.05) is 0 Å². The second-order valence-corrected chi connectivity index (χ2v) is 12.8. The fourth-order valence-corrected chi connectivity index (χ4v) is 9.44. The van der Waals surface area contributed by atoms with Crippen LogP contribution in [-0.4, -0.2) is 6.04 Å². The van der Waals surface area contributed by atoms with E-state index in [1.165, 1.54) is 64.2 Å². The van der Waals surface area contributed by atoms with Gasteiger partial charge < -0.3 is 0 Å². The van der Waals surface area contributed by atoms with Crippen LogP contribution in [0, 0.1) is 52.3 Å². The number of hydrogen-bond acceptors (Lipinski definition) is 1. The molecular formula is C27H47N3. The Morgan fingerprint density at radius 2 is 1.63 bits per heavy atom. The predicted molar refractivity (Wildman–Crippen MR) is 126 cm³/mol. The van der Waals surface area contributed by atoms with E-state index in [0.29, 0.717) is 10.8 Å². The molecule has 170 valence electrons. The molecule has 30 heavy (non-hydrogen) atoms. The van der Waals surface area contributed by atoms with Crippen molar-refractivity contribution in [2.45, 2.75) is 118 Å². The topological polar surface area (TPSA) is 48.8 Å². The predicted octanol–water partition coefficient (Wildman–Crippen LogP) is 8.79. The number of azide groups is 1. The molecule has 0 amide bonds. The molecule has 0 N–H and O–H groups in total. The first-order valence-corrected chi connectivity index (χ1v) is 13.3. The number of fused-ring (bicyclic) bond motifs is 5. The van der Waals surface area contributed by atoms with Crippen molar-refractivity contribution in [3.63, 3.8) is 0 Å². The molecule has 3 heteroatoms. The second-order valence-electron chi connectivity index (χ2n) is 12.8. The Bertz CT molecular complexity index is 652. The largest absolute Gasteiger partial charge is 0.0906 e. The molecule has 4 aliphatic carbocycles. The summed E-state index contributed by atoms with van der Waals surface area (Å²) in [5, 5.41) is 4.12. The van der Waals surface area contributed by atoms with Gasteiger partial charge >= 0.3 is 0 Å². The van der Waals surface area contributed by atoms with E-state index in [4.69, 9.17) is 5.53 Å². The highest BCUT2D eigenvalue weighted by molar-refractivity contribution is 5.10. The minimum Gasteiger partial charge on any atom is -0.0906 e. The zero-order valence-corrected chi connectivity index (χ0v) is 20.4. The molecule has 0 aromatic rings. The van der Waals surface area contributed by atoms with Gasteiger partial charge in [-0.3, -0.25) is 0 Å². The van der Waals surface area contributed by atoms with Crippen LogP contribution in [0.1, 0.15) is 112 Å². The van der Waals surface area contributed by atoms with E-state index in [2.05, 4.69) is 44.6 Å². The Kier molecular flexibility index (Phi) is 6.51. The molecule has 1 unspecified atom stereocenters. The van der Waals surface area contributed by atoms with Gasteiger partial charge in [-0.2, -0.15) is 0 Å². The highest BCUT2D eigenvalue weighted by Gasteiger charge is 2.60. The summed E-state index contributed by atoms with van der Waals surface area (Å²) >= 11 is 0. The van der Waals surface area contributed by atoms with Crippen LogP contribution in [0.2, 0.25) is 0 Å². The van der Waals surface area contributed by atoms with E-state index in [1.54, 1.807) is 0 Å². The van der Waals surface area contributed by atoms with Crippen LogP contribution < -0.4 is 0 Å². The zero-order valence-electron chi connectivity index (χ0n) is 20.4. The molecule has 0 bridgehead atoms. The fraction of sp³-hybridized carbons (Fsp3) is 1.00. The van der Waals surface area contributed by atoms with E-state index in [-0.39, 0.29) is 6.04 Å². The molecule has 0 saturated heterocycles. The van der Waals surface area contributed by atoms with Crippen LogP contribution in [0.15, 0.2) is 5.11 Å². The van der Waals surface area contributed by atoms with Crippen LogP contribution >= 0.6 is 0 Å². The average Bonchev–Trinajstić information content (AvgIpc) is 3.05. The Hall–Kier alpha value is -0.690. The summed E-state index contributed by atoms with van der Waals surface area (Å²) in [6.45, 7) is 12.7. The minimum atomic E-state index is 0.265. The van der Waals surface area contributed by atoms with E-state index < -0.39 is 0 Å². The summed E-state index contributed by atoms with van der Waals surface area (Å²) in [6.07, 6.45) is 16.6. The van der Waals surface area contributed by atoms with Gasteiger partial charge in [0.25, 0.3) is 0 Å². The van der Waals surface area contributed by atoms with Crippen molar-refractivity contribution in [1.82, 2.24) is 0 Å². The van der Waals surface area contributed by atoms with Crippen LogP contribution in [0.3, 0.4) is 0 Å². The van der Waals surface area contributed by atoms with Gasteiger partial charge in [0.15, 0.2) is 0 Å². The van der Waals surface area contributed by atoms with Gasteiger partial charge in [0.05, 0.1) is 0 Å². The standard InChI is InChI=1S/C27H47N3/c1-18(2)7-6-8-19(3)23-11-12-24-22-10-9-20-17-21(29-30-28)13-15-26(20,4)25(22)14-16-27(23,24)5/h18-25H,6-17H2,1-5H3/t19-,20?,21-,22+,23-,24+,25+,26+,27-/m1/s1. The normalized spacial score (nSPS) is 46.5. The summed E-state index contributed by atoms with van der Waals surface area (Å²) in [4.78, 5) is 3.13. The molecule has 0 heterocycles. The summed E-state index contributed by atoms with van der Waals surface area (Å²) < 4.78 is 0. The Balaban J connectivity index is 1.45. The van der Waals surface area contributed by atoms with Crippen LogP contribution in [0.4, 0.5) is 0 Å². The van der Waals surface area contributed by atoms with Gasteiger partial charge in [-0.15, -0.1) is 0 Å². The highest BCUT2D eigenvalue weighted by atomic mass is 15.1. The van der Waals surface area contributed by atoms with Crippen molar-refractivity contribution >= 4 is 0 Å². The van der Waals surface area contributed by atoms with E-state index in [0.717, 1.165) is 54.3 Å². The molecule has 0 spiro atoms. The third-order valence-electron chi connectivity index (χ3n) is 11.1. The van der Waals surface area contributed by atoms with E-state index >= 15 is 0 Å². The highest BCUT2D eigenvalue weighted by Crippen LogP contribution is 2.68. The van der Waals surface area contributed by atoms with Crippen molar-refractivity contribution in [1.29, 1.82) is 0 Å². The Labute approximate surface area is 185 Å². The van der Waals surface area contributed by atoms with Gasteiger partial charge in [-0.05, 0) is 116 Å². The van der Waals surface area contributed by atoms with Crippen molar-refractivity contribution in [3.05, 3.63) is 10.4 Å². The number of nitrogens with zero attached hydrogens (tertiary/aromatic N) is 3. The van der Waals surface area contributed by atoms with E-state index in [1.807, 2.05) is 0 Å². The molecule has 9 atom stereocenters. The van der Waals surface area contributed by atoms with Gasteiger partial charge in [0, 0.05) is 11.0 Å². The quantitative estimate of drug-likeness (QED) is 0.237. The summed E-state index contributed by atoms with van der Waals surface area (Å²) in [7, 11) is 0. The molecule has 4 saturated carbocycles. The van der Waals surface area contributed by atoms with Crippen LogP contribution in [0.25, 0.3) is 10.4 Å². The van der Waals surface area contributed by atoms with Crippen LogP contribution in [0.5, 0.6) is 0 Å². The second kappa shape index (κ2) is 8.68. The van der Waals surface area contributed by atoms with Crippen molar-refractivity contribution < 1.29 is 0 Å². The first-order chi connectivity index (χ1) is 14.3. The minimum absolute atomic E-state index is 0.265. The van der Waals surface area contributed by atoms with Crippen molar-refractivity contribution in [3.8, 4) is 0 Å². The average molecular weight is 414 g/mol. The SMILES string of the molecule is CC(C)CCC[C@@H](C)[C@H]1CC[C@H]2[C@@H]3CCC4C[C@H](N=[N+]=[N-])CC[C@]4(C)[C@H]3CC[C@]12C. The maximum atomic E-state index is 8.91. The molecule has 4 aliphatic rings. The molecule has 4 rings (SSSR count). The van der Waals surface area contributed by atoms with Gasteiger partial charge in [-0.25, -0.2) is 0 Å². The smallest absolute Gasteiger partial charge is 0.0377 e. The zero-order chi connectivity index (χ0) is 21.5. The van der Waals surface area contributed by atoms with Gasteiger partial charge in [-0.1, -0.05) is 59.0 Å². The molecule has 0 aromatic carbocycles. The summed E-state index contributed by atoms with van der Waals surface area (Å²) in [5.74, 6) is 6.37.